The van der Waals surface area contributed by atoms with Crippen LogP contribution in [0.3, 0.4) is 0 Å². The number of carbonyl (C=O) groups excluding carboxylic acids is 1. The van der Waals surface area contributed by atoms with Gasteiger partial charge in [-0.2, -0.15) is 0 Å². The maximum Gasteiger partial charge on any atom is 0.339 e. The van der Waals surface area contributed by atoms with Gasteiger partial charge in [-0.15, -0.1) is 0 Å². The van der Waals surface area contributed by atoms with Crippen LogP contribution in [0, 0.1) is 5.82 Å². The Morgan fingerprint density at radius 2 is 2.15 bits per heavy atom. The lowest BCUT2D eigenvalue weighted by molar-refractivity contribution is -0.153. The number of esters is 1. The number of aliphatic hydroxyl groups is 1. The molecule has 0 saturated carbocycles. The standard InChI is InChI=1S/C15H18FNO3/c1-4-20-15(19)14(18)12-8-17(9(2)3)13-7-10(16)5-6-11(12)13/h5-9,14,18H,4H2,1-3H3. The highest BCUT2D eigenvalue weighted by Crippen LogP contribution is 2.30. The van der Waals surface area contributed by atoms with E-state index in [1.807, 2.05) is 18.4 Å². The van der Waals surface area contributed by atoms with Gasteiger partial charge in [-0.3, -0.25) is 0 Å². The first kappa shape index (κ1) is 14.5. The topological polar surface area (TPSA) is 51.5 Å². The summed E-state index contributed by atoms with van der Waals surface area (Å²) in [6.07, 6.45) is 0.319. The Morgan fingerprint density at radius 3 is 2.75 bits per heavy atom. The van der Waals surface area contributed by atoms with Crippen LogP contribution in [0.5, 0.6) is 0 Å². The first-order valence-corrected chi connectivity index (χ1v) is 6.60. The summed E-state index contributed by atoms with van der Waals surface area (Å²) in [5.74, 6) is -1.05. The molecule has 0 spiro atoms. The van der Waals surface area contributed by atoms with Gasteiger partial charge in [0.1, 0.15) is 5.82 Å². The molecule has 0 aliphatic carbocycles. The maximum absolute atomic E-state index is 13.4. The van der Waals surface area contributed by atoms with Crippen molar-refractivity contribution >= 4 is 16.9 Å². The highest BCUT2D eigenvalue weighted by atomic mass is 19.1. The van der Waals surface area contributed by atoms with Gasteiger partial charge in [0.25, 0.3) is 0 Å². The lowest BCUT2D eigenvalue weighted by Gasteiger charge is -2.09. The number of hydrogen-bond acceptors (Lipinski definition) is 3. The van der Waals surface area contributed by atoms with E-state index < -0.39 is 12.1 Å². The number of benzene rings is 1. The summed E-state index contributed by atoms with van der Waals surface area (Å²) in [7, 11) is 0. The van der Waals surface area contributed by atoms with Gasteiger partial charge in [0, 0.05) is 23.2 Å². The van der Waals surface area contributed by atoms with Gasteiger partial charge in [-0.1, -0.05) is 0 Å². The molecule has 1 heterocycles. The van der Waals surface area contributed by atoms with Crippen molar-refractivity contribution in [2.24, 2.45) is 0 Å². The van der Waals surface area contributed by atoms with Gasteiger partial charge in [-0.25, -0.2) is 9.18 Å². The molecule has 1 N–H and O–H groups in total. The van der Waals surface area contributed by atoms with E-state index >= 15 is 0 Å². The molecular weight excluding hydrogens is 261 g/mol. The third-order valence-corrected chi connectivity index (χ3v) is 3.19. The van der Waals surface area contributed by atoms with E-state index in [0.717, 1.165) is 0 Å². The largest absolute Gasteiger partial charge is 0.464 e. The summed E-state index contributed by atoms with van der Waals surface area (Å²) < 4.78 is 20.1. The molecule has 4 nitrogen and oxygen atoms in total. The Balaban J connectivity index is 2.56. The van der Waals surface area contributed by atoms with Gasteiger partial charge < -0.3 is 14.4 Å². The highest BCUT2D eigenvalue weighted by molar-refractivity contribution is 5.89. The van der Waals surface area contributed by atoms with Crippen LogP contribution in [0.15, 0.2) is 24.4 Å². The predicted molar refractivity (Wildman–Crippen MR) is 73.9 cm³/mol. The highest BCUT2D eigenvalue weighted by Gasteiger charge is 2.24. The third kappa shape index (κ3) is 2.54. The average molecular weight is 279 g/mol. The zero-order valence-electron chi connectivity index (χ0n) is 11.8. The summed E-state index contributed by atoms with van der Waals surface area (Å²) in [6.45, 7) is 5.78. The number of aromatic nitrogens is 1. The van der Waals surface area contributed by atoms with Crippen LogP contribution in [0.25, 0.3) is 10.9 Å². The molecule has 2 rings (SSSR count). The van der Waals surface area contributed by atoms with Crippen LogP contribution >= 0.6 is 0 Å². The van der Waals surface area contributed by atoms with E-state index in [1.165, 1.54) is 12.1 Å². The lowest BCUT2D eigenvalue weighted by atomic mass is 10.1. The molecule has 0 fully saturated rings. The van der Waals surface area contributed by atoms with Crippen molar-refractivity contribution in [3.05, 3.63) is 35.8 Å². The minimum absolute atomic E-state index is 0.0856. The maximum atomic E-state index is 13.4. The van der Waals surface area contributed by atoms with E-state index in [1.54, 1.807) is 19.2 Å². The van der Waals surface area contributed by atoms with Crippen LogP contribution < -0.4 is 0 Å². The third-order valence-electron chi connectivity index (χ3n) is 3.19. The fourth-order valence-electron chi connectivity index (χ4n) is 2.24. The van der Waals surface area contributed by atoms with Crippen LogP contribution in [0.4, 0.5) is 4.39 Å². The molecule has 20 heavy (non-hydrogen) atoms. The van der Waals surface area contributed by atoms with Gasteiger partial charge in [-0.05, 0) is 39.0 Å². The minimum Gasteiger partial charge on any atom is -0.464 e. The molecule has 1 unspecified atom stereocenters. The fraction of sp³-hybridized carbons (Fsp3) is 0.400. The van der Waals surface area contributed by atoms with Crippen LogP contribution in [0.1, 0.15) is 38.5 Å². The zero-order chi connectivity index (χ0) is 14.9. The van der Waals surface area contributed by atoms with Crippen LogP contribution in [0.2, 0.25) is 0 Å². The Bertz CT molecular complexity index is 633. The summed E-state index contributed by atoms with van der Waals surface area (Å²) in [5.41, 5.74) is 1.09. The van der Waals surface area contributed by atoms with E-state index in [9.17, 15) is 14.3 Å². The number of aliphatic hydroxyl groups excluding tert-OH is 1. The van der Waals surface area contributed by atoms with Crippen molar-refractivity contribution in [3.8, 4) is 0 Å². The van der Waals surface area contributed by atoms with Crippen LogP contribution in [-0.4, -0.2) is 22.2 Å². The second kappa shape index (κ2) is 5.63. The molecular formula is C15H18FNO3. The first-order valence-electron chi connectivity index (χ1n) is 6.60. The SMILES string of the molecule is CCOC(=O)C(O)c1cn(C(C)C)c2cc(F)ccc12. The Labute approximate surface area is 116 Å². The summed E-state index contributed by atoms with van der Waals surface area (Å²) >= 11 is 0. The first-order chi connectivity index (χ1) is 9.45. The Kier molecular flexibility index (Phi) is 4.09. The molecule has 108 valence electrons. The number of nitrogens with zero attached hydrogens (tertiary/aromatic N) is 1. The molecule has 0 amide bonds. The molecule has 0 radical (unpaired) electrons. The van der Waals surface area contributed by atoms with Gasteiger partial charge in [0.2, 0.25) is 0 Å². The molecule has 1 aromatic heterocycles. The van der Waals surface area contributed by atoms with E-state index in [2.05, 4.69) is 0 Å². The monoisotopic (exact) mass is 279 g/mol. The van der Waals surface area contributed by atoms with Gasteiger partial charge >= 0.3 is 5.97 Å². The number of fused-ring (bicyclic) bond motifs is 1. The Hall–Kier alpha value is -1.88. The number of carbonyl (C=O) groups is 1. The quantitative estimate of drug-likeness (QED) is 0.875. The smallest absolute Gasteiger partial charge is 0.339 e. The molecule has 0 bridgehead atoms. The van der Waals surface area contributed by atoms with Crippen molar-refractivity contribution in [2.75, 3.05) is 6.61 Å². The molecule has 0 aliphatic rings. The number of hydrogen-bond donors (Lipinski definition) is 1. The zero-order valence-corrected chi connectivity index (χ0v) is 11.8. The van der Waals surface area contributed by atoms with Crippen molar-refractivity contribution in [1.82, 2.24) is 4.57 Å². The molecule has 1 aromatic carbocycles. The summed E-state index contributed by atoms with van der Waals surface area (Å²) in [5, 5.41) is 10.8. The van der Waals surface area contributed by atoms with E-state index in [4.69, 9.17) is 4.74 Å². The van der Waals surface area contributed by atoms with Crippen molar-refractivity contribution in [1.29, 1.82) is 0 Å². The van der Waals surface area contributed by atoms with E-state index in [0.29, 0.717) is 16.5 Å². The van der Waals surface area contributed by atoms with Gasteiger partial charge in [0.15, 0.2) is 6.10 Å². The minimum atomic E-state index is -1.36. The molecule has 5 heteroatoms. The second-order valence-electron chi connectivity index (χ2n) is 4.90. The number of rotatable bonds is 4. The summed E-state index contributed by atoms with van der Waals surface area (Å²) in [4.78, 5) is 11.7. The number of ether oxygens (including phenoxy) is 1. The normalized spacial score (nSPS) is 12.9. The molecule has 0 aliphatic heterocycles. The fourth-order valence-corrected chi connectivity index (χ4v) is 2.24. The van der Waals surface area contributed by atoms with E-state index in [-0.39, 0.29) is 18.5 Å². The summed E-state index contributed by atoms with van der Waals surface area (Å²) in [6, 6.07) is 4.37. The van der Waals surface area contributed by atoms with Crippen molar-refractivity contribution < 1.29 is 19.0 Å². The average Bonchev–Trinajstić information content (AvgIpc) is 2.76. The van der Waals surface area contributed by atoms with Crippen molar-refractivity contribution in [2.45, 2.75) is 32.9 Å². The molecule has 1 atom stereocenters. The second-order valence-corrected chi connectivity index (χ2v) is 4.90. The predicted octanol–water partition coefficient (Wildman–Crippen LogP) is 2.96. The number of halogens is 1. The molecule has 2 aromatic rings. The lowest BCUT2D eigenvalue weighted by Crippen LogP contribution is -2.15. The van der Waals surface area contributed by atoms with Gasteiger partial charge in [0.05, 0.1) is 12.1 Å². The van der Waals surface area contributed by atoms with Crippen LogP contribution in [-0.2, 0) is 9.53 Å². The molecule has 0 saturated heterocycles. The van der Waals surface area contributed by atoms with Crippen molar-refractivity contribution in [3.63, 3.8) is 0 Å². The Morgan fingerprint density at radius 1 is 1.45 bits per heavy atom.